The van der Waals surface area contributed by atoms with E-state index in [9.17, 15) is 13.2 Å². The van der Waals surface area contributed by atoms with E-state index in [-0.39, 0.29) is 23.9 Å². The number of nitrogens with zero attached hydrogens (tertiary/aromatic N) is 3. The van der Waals surface area contributed by atoms with Gasteiger partial charge in [-0.3, -0.25) is 0 Å². The molecule has 104 valence electrons. The first-order valence-electron chi connectivity index (χ1n) is 5.82. The van der Waals surface area contributed by atoms with Crippen molar-refractivity contribution in [2.45, 2.75) is 19.0 Å². The van der Waals surface area contributed by atoms with E-state index in [1.54, 1.807) is 0 Å². The second kappa shape index (κ2) is 5.28. The molecule has 0 amide bonds. The van der Waals surface area contributed by atoms with Gasteiger partial charge in [0, 0.05) is 19.3 Å². The fourth-order valence-corrected chi connectivity index (χ4v) is 2.18. The largest absolute Gasteiger partial charge is 0.393 e. The van der Waals surface area contributed by atoms with Gasteiger partial charge < -0.3 is 10.6 Å². The van der Waals surface area contributed by atoms with Crippen LogP contribution >= 0.6 is 12.2 Å². The second-order valence-corrected chi connectivity index (χ2v) is 4.87. The topological polar surface area (TPSA) is 55.0 Å². The van der Waals surface area contributed by atoms with Crippen molar-refractivity contribution in [3.8, 4) is 0 Å². The van der Waals surface area contributed by atoms with Crippen LogP contribution in [0.25, 0.3) is 0 Å². The average Bonchev–Trinajstić information content (AvgIpc) is 2.38. The quantitative estimate of drug-likeness (QED) is 0.843. The van der Waals surface area contributed by atoms with E-state index in [0.29, 0.717) is 18.7 Å². The highest BCUT2D eigenvalue weighted by molar-refractivity contribution is 7.80. The number of hydrogen-bond acceptors (Lipinski definition) is 4. The maximum absolute atomic E-state index is 12.7. The van der Waals surface area contributed by atoms with Gasteiger partial charge in [-0.25, -0.2) is 9.97 Å². The van der Waals surface area contributed by atoms with Gasteiger partial charge in [-0.05, 0) is 18.9 Å². The molecule has 1 saturated heterocycles. The molecule has 8 heteroatoms. The molecule has 1 aliphatic heterocycles. The molecule has 0 spiro atoms. The number of aromatic nitrogens is 2. The standard InChI is InChI=1S/C11H13F3N4S/c12-11(13,14)7-2-1-5-18(6-7)10-16-4-3-8(17-10)9(15)19/h3-4,7H,1-2,5-6H2,(H2,15,19). The van der Waals surface area contributed by atoms with Gasteiger partial charge in [-0.15, -0.1) is 0 Å². The zero-order valence-corrected chi connectivity index (χ0v) is 10.8. The van der Waals surface area contributed by atoms with Crippen LogP contribution in [0.4, 0.5) is 19.1 Å². The van der Waals surface area contributed by atoms with E-state index in [2.05, 4.69) is 9.97 Å². The lowest BCUT2D eigenvalue weighted by Gasteiger charge is -2.33. The molecule has 0 bridgehead atoms. The van der Waals surface area contributed by atoms with E-state index < -0.39 is 12.1 Å². The van der Waals surface area contributed by atoms with Gasteiger partial charge in [0.25, 0.3) is 0 Å². The van der Waals surface area contributed by atoms with Crippen molar-refractivity contribution >= 4 is 23.2 Å². The molecule has 1 atom stereocenters. The van der Waals surface area contributed by atoms with Gasteiger partial charge >= 0.3 is 6.18 Å². The lowest BCUT2D eigenvalue weighted by atomic mass is 9.98. The summed E-state index contributed by atoms with van der Waals surface area (Å²) in [7, 11) is 0. The molecule has 1 unspecified atom stereocenters. The van der Waals surface area contributed by atoms with Gasteiger partial charge in [0.05, 0.1) is 5.92 Å². The Balaban J connectivity index is 2.17. The maximum Gasteiger partial charge on any atom is 0.393 e. The summed E-state index contributed by atoms with van der Waals surface area (Å²) in [4.78, 5) is 9.72. The van der Waals surface area contributed by atoms with Crippen LogP contribution in [-0.2, 0) is 0 Å². The Morgan fingerprint density at radius 2 is 2.21 bits per heavy atom. The third kappa shape index (κ3) is 3.31. The summed E-state index contributed by atoms with van der Waals surface area (Å²) >= 11 is 4.79. The number of hydrogen-bond donors (Lipinski definition) is 1. The van der Waals surface area contributed by atoms with E-state index in [0.717, 1.165) is 0 Å². The summed E-state index contributed by atoms with van der Waals surface area (Å²) < 4.78 is 38.2. The van der Waals surface area contributed by atoms with Crippen molar-refractivity contribution in [1.29, 1.82) is 0 Å². The van der Waals surface area contributed by atoms with E-state index in [1.807, 2.05) is 0 Å². The minimum atomic E-state index is -4.18. The number of halogens is 3. The third-order valence-electron chi connectivity index (χ3n) is 3.06. The van der Waals surface area contributed by atoms with Crippen LogP contribution in [0.2, 0.25) is 0 Å². The Kier molecular flexibility index (Phi) is 3.88. The average molecular weight is 290 g/mol. The van der Waals surface area contributed by atoms with Crippen molar-refractivity contribution in [3.05, 3.63) is 18.0 Å². The molecule has 4 nitrogen and oxygen atoms in total. The Morgan fingerprint density at radius 1 is 1.47 bits per heavy atom. The van der Waals surface area contributed by atoms with E-state index in [4.69, 9.17) is 18.0 Å². The third-order valence-corrected chi connectivity index (χ3v) is 3.27. The molecule has 0 aliphatic carbocycles. The smallest absolute Gasteiger partial charge is 0.388 e. The van der Waals surface area contributed by atoms with Crippen molar-refractivity contribution < 1.29 is 13.2 Å². The fraction of sp³-hybridized carbons (Fsp3) is 0.545. The first-order valence-corrected chi connectivity index (χ1v) is 6.23. The Hall–Kier alpha value is -1.44. The van der Waals surface area contributed by atoms with Crippen LogP contribution in [-0.4, -0.2) is 34.2 Å². The number of rotatable bonds is 2. The molecular formula is C11H13F3N4S. The maximum atomic E-state index is 12.7. The minimum absolute atomic E-state index is 0.105. The summed E-state index contributed by atoms with van der Waals surface area (Å²) in [5.74, 6) is -1.09. The van der Waals surface area contributed by atoms with Crippen molar-refractivity contribution in [2.75, 3.05) is 18.0 Å². The highest BCUT2D eigenvalue weighted by Crippen LogP contribution is 2.33. The number of alkyl halides is 3. The highest BCUT2D eigenvalue weighted by Gasteiger charge is 2.42. The van der Waals surface area contributed by atoms with Crippen LogP contribution in [0.3, 0.4) is 0 Å². The molecule has 0 aromatic carbocycles. The normalized spacial score (nSPS) is 20.4. The summed E-state index contributed by atoms with van der Waals surface area (Å²) in [5.41, 5.74) is 5.82. The van der Waals surface area contributed by atoms with Crippen molar-refractivity contribution in [2.24, 2.45) is 11.7 Å². The molecule has 2 rings (SSSR count). The number of piperidine rings is 1. The SMILES string of the molecule is NC(=S)c1ccnc(N2CCCC(C(F)(F)F)C2)n1. The molecule has 1 fully saturated rings. The lowest BCUT2D eigenvalue weighted by Crippen LogP contribution is -2.42. The molecule has 1 aromatic heterocycles. The summed E-state index contributed by atoms with van der Waals surface area (Å²) in [6.45, 7) is 0.387. The van der Waals surface area contributed by atoms with Crippen LogP contribution in [0.5, 0.6) is 0 Å². The van der Waals surface area contributed by atoms with Crippen molar-refractivity contribution in [3.63, 3.8) is 0 Å². The number of anilines is 1. The summed E-state index contributed by atoms with van der Waals surface area (Å²) in [6.07, 6.45) is -2.12. The van der Waals surface area contributed by atoms with Crippen LogP contribution in [0, 0.1) is 5.92 Å². The number of thiocarbonyl (C=S) groups is 1. The molecule has 19 heavy (non-hydrogen) atoms. The van der Waals surface area contributed by atoms with Gasteiger partial charge in [-0.2, -0.15) is 13.2 Å². The van der Waals surface area contributed by atoms with Gasteiger partial charge in [0.15, 0.2) is 0 Å². The molecule has 0 saturated carbocycles. The first kappa shape index (κ1) is 14.0. The fourth-order valence-electron chi connectivity index (χ4n) is 2.06. The molecule has 0 radical (unpaired) electrons. The molecule has 2 N–H and O–H groups in total. The zero-order chi connectivity index (χ0) is 14.0. The molecule has 2 heterocycles. The van der Waals surface area contributed by atoms with Gasteiger partial charge in [-0.1, -0.05) is 12.2 Å². The minimum Gasteiger partial charge on any atom is -0.388 e. The Labute approximate surface area is 113 Å². The van der Waals surface area contributed by atoms with Gasteiger partial charge in [0.1, 0.15) is 10.7 Å². The van der Waals surface area contributed by atoms with Crippen molar-refractivity contribution in [1.82, 2.24) is 9.97 Å². The second-order valence-electron chi connectivity index (χ2n) is 4.43. The van der Waals surface area contributed by atoms with E-state index in [1.165, 1.54) is 17.2 Å². The predicted octanol–water partition coefficient (Wildman–Crippen LogP) is 1.89. The Bertz CT molecular complexity index is 477. The van der Waals surface area contributed by atoms with Crippen LogP contribution < -0.4 is 10.6 Å². The number of nitrogens with two attached hydrogens (primary N) is 1. The summed E-state index contributed by atoms with van der Waals surface area (Å²) in [6, 6.07) is 1.54. The summed E-state index contributed by atoms with van der Waals surface area (Å²) in [5, 5.41) is 0. The Morgan fingerprint density at radius 3 is 2.84 bits per heavy atom. The molecule has 1 aromatic rings. The van der Waals surface area contributed by atoms with E-state index >= 15 is 0 Å². The predicted molar refractivity (Wildman–Crippen MR) is 68.9 cm³/mol. The first-order chi connectivity index (χ1) is 8.88. The van der Waals surface area contributed by atoms with Crippen LogP contribution in [0.1, 0.15) is 18.5 Å². The highest BCUT2D eigenvalue weighted by atomic mass is 32.1. The monoisotopic (exact) mass is 290 g/mol. The van der Waals surface area contributed by atoms with Crippen LogP contribution in [0.15, 0.2) is 12.3 Å². The molecule has 1 aliphatic rings. The lowest BCUT2D eigenvalue weighted by molar-refractivity contribution is -0.176. The molecular weight excluding hydrogens is 277 g/mol. The van der Waals surface area contributed by atoms with Gasteiger partial charge in [0.2, 0.25) is 5.95 Å². The zero-order valence-electron chi connectivity index (χ0n) is 10.0.